The molecule has 3 aromatic carbocycles. The fraction of sp³-hybridized carbons (Fsp3) is 0.226. The molecule has 5 nitrogen and oxygen atoms in total. The maximum atomic E-state index is 12.7. The van der Waals surface area contributed by atoms with Crippen molar-refractivity contribution in [3.8, 4) is 11.8 Å². The van der Waals surface area contributed by atoms with E-state index in [0.717, 1.165) is 33.4 Å². The third-order valence-electron chi connectivity index (χ3n) is 5.75. The minimum atomic E-state index is -0.864. The SMILES string of the molecule is C[Si](C)OC(C#Cc1ccc2n[nH]c(C=Cc3ccccc3NC(=O)c3ccccc3)c2c1)C(C)(C)C. The van der Waals surface area contributed by atoms with Crippen LogP contribution in [0.15, 0.2) is 72.8 Å². The number of aromatic nitrogens is 2. The van der Waals surface area contributed by atoms with Crippen molar-refractivity contribution in [1.82, 2.24) is 10.2 Å². The molecule has 2 N–H and O–H groups in total. The summed E-state index contributed by atoms with van der Waals surface area (Å²) in [6, 6.07) is 22.9. The smallest absolute Gasteiger partial charge is 0.255 e. The Hall–Kier alpha value is -3.92. The van der Waals surface area contributed by atoms with E-state index in [1.165, 1.54) is 0 Å². The number of H-pyrrole nitrogens is 1. The summed E-state index contributed by atoms with van der Waals surface area (Å²) in [4.78, 5) is 12.7. The standard InChI is InChI=1S/C31H32N3O2Si/c1-31(2,3)29(36-37(4)5)20-16-22-15-18-27-25(21-22)28(34-33-27)19-17-23-11-9-10-14-26(23)32-30(35)24-12-7-6-8-13-24/h6-15,17-19,21,29H,1-5H3,(H,32,35)(H,33,34). The Balaban J connectivity index is 1.59. The average molecular weight is 507 g/mol. The van der Waals surface area contributed by atoms with Crippen LogP contribution in [0.3, 0.4) is 0 Å². The predicted molar refractivity (Wildman–Crippen MR) is 155 cm³/mol. The molecule has 0 bridgehead atoms. The van der Waals surface area contributed by atoms with Crippen molar-refractivity contribution in [3.05, 3.63) is 95.2 Å². The number of nitrogens with zero attached hydrogens (tertiary/aromatic N) is 1. The van der Waals surface area contributed by atoms with Gasteiger partial charge in [-0.25, -0.2) is 0 Å². The lowest BCUT2D eigenvalue weighted by atomic mass is 9.89. The molecule has 0 saturated carbocycles. The maximum Gasteiger partial charge on any atom is 0.255 e. The molecule has 0 fully saturated rings. The van der Waals surface area contributed by atoms with E-state index in [1.54, 1.807) is 12.1 Å². The molecule has 1 unspecified atom stereocenters. The molecule has 0 saturated heterocycles. The topological polar surface area (TPSA) is 67.0 Å². The van der Waals surface area contributed by atoms with Crippen LogP contribution in [-0.4, -0.2) is 31.2 Å². The van der Waals surface area contributed by atoms with Gasteiger partial charge in [-0.05, 0) is 66.5 Å². The fourth-order valence-corrected chi connectivity index (χ4v) is 4.64. The normalized spacial score (nSPS) is 12.5. The Morgan fingerprint density at radius 3 is 2.49 bits per heavy atom. The van der Waals surface area contributed by atoms with Gasteiger partial charge in [-0.1, -0.05) is 75.1 Å². The molecule has 1 radical (unpaired) electrons. The van der Waals surface area contributed by atoms with E-state index in [2.05, 4.69) is 67.3 Å². The van der Waals surface area contributed by atoms with Gasteiger partial charge < -0.3 is 9.74 Å². The summed E-state index contributed by atoms with van der Waals surface area (Å²) in [7, 11) is -0.864. The molecule has 1 atom stereocenters. The Morgan fingerprint density at radius 2 is 1.76 bits per heavy atom. The van der Waals surface area contributed by atoms with Gasteiger partial charge in [-0.15, -0.1) is 0 Å². The van der Waals surface area contributed by atoms with Gasteiger partial charge in [0, 0.05) is 22.2 Å². The Kier molecular flexibility index (Phi) is 8.07. The molecule has 37 heavy (non-hydrogen) atoms. The number of carbonyl (C=O) groups is 1. The number of rotatable bonds is 6. The molecule has 1 aromatic heterocycles. The van der Waals surface area contributed by atoms with Crippen molar-refractivity contribution >= 4 is 43.7 Å². The van der Waals surface area contributed by atoms with E-state index in [9.17, 15) is 4.79 Å². The first-order valence-electron chi connectivity index (χ1n) is 12.3. The quantitative estimate of drug-likeness (QED) is 0.218. The minimum absolute atomic E-state index is 0.0636. The molecule has 187 valence electrons. The molecular formula is C31H32N3O2Si. The number of para-hydroxylation sites is 1. The largest absolute Gasteiger partial charge is 0.403 e. The number of carbonyl (C=O) groups excluding carboxylic acids is 1. The highest BCUT2D eigenvalue weighted by Gasteiger charge is 2.24. The number of hydrogen-bond acceptors (Lipinski definition) is 3. The van der Waals surface area contributed by atoms with E-state index in [-0.39, 0.29) is 17.4 Å². The van der Waals surface area contributed by atoms with Crippen LogP contribution < -0.4 is 5.32 Å². The first-order chi connectivity index (χ1) is 17.7. The molecule has 0 aliphatic rings. The molecule has 1 amide bonds. The van der Waals surface area contributed by atoms with Gasteiger partial charge in [0.25, 0.3) is 5.91 Å². The number of nitrogens with one attached hydrogen (secondary N) is 2. The Morgan fingerprint density at radius 1 is 1.03 bits per heavy atom. The summed E-state index contributed by atoms with van der Waals surface area (Å²) < 4.78 is 6.16. The van der Waals surface area contributed by atoms with E-state index in [1.807, 2.05) is 66.7 Å². The van der Waals surface area contributed by atoms with E-state index in [0.29, 0.717) is 5.56 Å². The number of fused-ring (bicyclic) bond motifs is 1. The predicted octanol–water partition coefficient (Wildman–Crippen LogP) is 7.02. The monoisotopic (exact) mass is 506 g/mol. The van der Waals surface area contributed by atoms with Crippen LogP contribution in [0.4, 0.5) is 5.69 Å². The van der Waals surface area contributed by atoms with E-state index < -0.39 is 9.04 Å². The zero-order valence-electron chi connectivity index (χ0n) is 21.9. The van der Waals surface area contributed by atoms with Crippen molar-refractivity contribution in [3.63, 3.8) is 0 Å². The number of benzene rings is 3. The highest BCUT2D eigenvalue weighted by Crippen LogP contribution is 2.24. The highest BCUT2D eigenvalue weighted by molar-refractivity contribution is 6.48. The van der Waals surface area contributed by atoms with Crippen molar-refractivity contribution in [2.45, 2.75) is 40.0 Å². The van der Waals surface area contributed by atoms with Crippen molar-refractivity contribution in [2.75, 3.05) is 5.32 Å². The van der Waals surface area contributed by atoms with Crippen LogP contribution in [0.1, 0.15) is 48.0 Å². The van der Waals surface area contributed by atoms with Gasteiger partial charge in [0.2, 0.25) is 9.04 Å². The number of amides is 1. The van der Waals surface area contributed by atoms with Crippen molar-refractivity contribution in [1.29, 1.82) is 0 Å². The summed E-state index contributed by atoms with van der Waals surface area (Å²) in [5, 5.41) is 11.6. The summed E-state index contributed by atoms with van der Waals surface area (Å²) in [5.74, 6) is 6.51. The second-order valence-electron chi connectivity index (χ2n) is 10.2. The second-order valence-corrected chi connectivity index (χ2v) is 12.2. The molecular weight excluding hydrogens is 474 g/mol. The van der Waals surface area contributed by atoms with Gasteiger partial charge >= 0.3 is 0 Å². The van der Waals surface area contributed by atoms with Gasteiger partial charge in [-0.2, -0.15) is 5.10 Å². The molecule has 0 spiro atoms. The highest BCUT2D eigenvalue weighted by atomic mass is 28.3. The molecule has 0 aliphatic carbocycles. The van der Waals surface area contributed by atoms with Crippen LogP contribution in [0.25, 0.3) is 23.1 Å². The zero-order chi connectivity index (χ0) is 26.4. The van der Waals surface area contributed by atoms with Crippen LogP contribution >= 0.6 is 0 Å². The summed E-state index contributed by atoms with van der Waals surface area (Å²) >= 11 is 0. The minimum Gasteiger partial charge on any atom is -0.403 e. The second kappa shape index (κ2) is 11.4. The zero-order valence-corrected chi connectivity index (χ0v) is 22.9. The first kappa shape index (κ1) is 26.1. The van der Waals surface area contributed by atoms with Crippen molar-refractivity contribution in [2.24, 2.45) is 5.41 Å². The van der Waals surface area contributed by atoms with Gasteiger partial charge in [0.1, 0.15) is 6.10 Å². The summed E-state index contributed by atoms with van der Waals surface area (Å²) in [5.41, 5.74) is 4.84. The lowest BCUT2D eigenvalue weighted by Crippen LogP contribution is -2.31. The number of aromatic amines is 1. The number of hydrogen-bond donors (Lipinski definition) is 2. The van der Waals surface area contributed by atoms with Crippen LogP contribution in [-0.2, 0) is 4.43 Å². The van der Waals surface area contributed by atoms with Crippen LogP contribution in [0, 0.1) is 17.3 Å². The molecule has 1 heterocycles. The summed E-state index contributed by atoms with van der Waals surface area (Å²) in [6.07, 6.45) is 3.82. The first-order valence-corrected chi connectivity index (χ1v) is 14.7. The Bertz CT molecular complexity index is 1470. The lowest BCUT2D eigenvalue weighted by Gasteiger charge is -2.28. The van der Waals surface area contributed by atoms with E-state index >= 15 is 0 Å². The number of anilines is 1. The van der Waals surface area contributed by atoms with Crippen LogP contribution in [0.2, 0.25) is 13.1 Å². The maximum absolute atomic E-state index is 12.7. The fourth-order valence-electron chi connectivity index (χ4n) is 3.76. The third kappa shape index (κ3) is 6.85. The average Bonchev–Trinajstić information content (AvgIpc) is 3.28. The third-order valence-corrected chi connectivity index (χ3v) is 6.45. The van der Waals surface area contributed by atoms with Gasteiger partial charge in [0.15, 0.2) is 0 Å². The van der Waals surface area contributed by atoms with Crippen LogP contribution in [0.5, 0.6) is 0 Å². The van der Waals surface area contributed by atoms with E-state index in [4.69, 9.17) is 4.43 Å². The molecule has 0 aliphatic heterocycles. The van der Waals surface area contributed by atoms with Gasteiger partial charge in [0.05, 0.1) is 11.2 Å². The van der Waals surface area contributed by atoms with Gasteiger partial charge in [-0.3, -0.25) is 9.89 Å². The lowest BCUT2D eigenvalue weighted by molar-refractivity contribution is 0.102. The Labute approximate surface area is 220 Å². The molecule has 6 heteroatoms. The summed E-state index contributed by atoms with van der Waals surface area (Å²) in [6.45, 7) is 10.7. The van der Waals surface area contributed by atoms with Crippen molar-refractivity contribution < 1.29 is 9.22 Å². The molecule has 4 aromatic rings. The molecule has 4 rings (SSSR count).